The van der Waals surface area contributed by atoms with Crippen LogP contribution in [0.15, 0.2) is 48.7 Å². The molecular formula is C27H31F2N5O3. The van der Waals surface area contributed by atoms with Crippen LogP contribution in [0.25, 0.3) is 10.9 Å². The second-order valence-electron chi connectivity index (χ2n) is 9.38. The summed E-state index contributed by atoms with van der Waals surface area (Å²) < 4.78 is 38.3. The zero-order valence-electron chi connectivity index (χ0n) is 20.8. The van der Waals surface area contributed by atoms with Crippen LogP contribution >= 0.6 is 0 Å². The van der Waals surface area contributed by atoms with Gasteiger partial charge in [-0.15, -0.1) is 0 Å². The maximum Gasteiger partial charge on any atom is 0.286 e. The number of fused-ring (bicyclic) bond motifs is 1. The largest absolute Gasteiger partial charge is 0.379 e. The number of carbonyl (C=O) groups excluding carboxylic acids is 1. The van der Waals surface area contributed by atoms with Gasteiger partial charge in [-0.25, -0.2) is 4.98 Å². The van der Waals surface area contributed by atoms with E-state index < -0.39 is 5.92 Å². The van der Waals surface area contributed by atoms with Crippen molar-refractivity contribution in [3.05, 3.63) is 65.5 Å². The van der Waals surface area contributed by atoms with E-state index in [9.17, 15) is 13.6 Å². The van der Waals surface area contributed by atoms with Crippen LogP contribution in [0, 0.1) is 0 Å². The fraction of sp³-hybridized carbons (Fsp3) is 0.444. The van der Waals surface area contributed by atoms with Crippen molar-refractivity contribution < 1.29 is 23.0 Å². The number of pyridine rings is 2. The normalized spacial score (nSPS) is 18.1. The number of ether oxygens (including phenoxy) is 2. The van der Waals surface area contributed by atoms with Gasteiger partial charge in [0.15, 0.2) is 0 Å². The molecule has 2 fully saturated rings. The maximum absolute atomic E-state index is 13.7. The van der Waals surface area contributed by atoms with Crippen LogP contribution in [-0.4, -0.2) is 79.9 Å². The summed E-state index contributed by atoms with van der Waals surface area (Å²) in [5, 5.41) is 3.83. The summed E-state index contributed by atoms with van der Waals surface area (Å²) in [6, 6.07) is 12.2. The minimum Gasteiger partial charge on any atom is -0.379 e. The number of nitrogens with one attached hydrogen (secondary N) is 1. The molecule has 2 saturated heterocycles. The van der Waals surface area contributed by atoms with E-state index in [0.29, 0.717) is 51.6 Å². The van der Waals surface area contributed by atoms with Gasteiger partial charge < -0.3 is 19.7 Å². The maximum atomic E-state index is 13.7. The highest BCUT2D eigenvalue weighted by molar-refractivity contribution is 6.06. The van der Waals surface area contributed by atoms with Crippen LogP contribution in [0.5, 0.6) is 0 Å². The van der Waals surface area contributed by atoms with Crippen molar-refractivity contribution in [2.75, 3.05) is 64.1 Å². The Morgan fingerprint density at radius 2 is 1.76 bits per heavy atom. The van der Waals surface area contributed by atoms with E-state index in [1.54, 1.807) is 12.1 Å². The van der Waals surface area contributed by atoms with Crippen LogP contribution in [0.3, 0.4) is 0 Å². The average molecular weight is 512 g/mol. The van der Waals surface area contributed by atoms with Gasteiger partial charge in [0.2, 0.25) is 0 Å². The highest BCUT2D eigenvalue weighted by Crippen LogP contribution is 2.28. The number of carbonyl (C=O) groups is 1. The van der Waals surface area contributed by atoms with E-state index in [-0.39, 0.29) is 17.6 Å². The van der Waals surface area contributed by atoms with Gasteiger partial charge in [-0.1, -0.05) is 12.1 Å². The topological polar surface area (TPSA) is 79.8 Å². The molecule has 1 aromatic carbocycles. The number of rotatable bonds is 7. The number of halogens is 2. The number of morpholine rings is 2. The molecule has 1 unspecified atom stereocenters. The summed E-state index contributed by atoms with van der Waals surface area (Å²) in [5.41, 5.74) is 1.78. The Bertz CT molecular complexity index is 1220. The van der Waals surface area contributed by atoms with Gasteiger partial charge in [0, 0.05) is 56.8 Å². The summed E-state index contributed by atoms with van der Waals surface area (Å²) in [4.78, 5) is 26.5. The third-order valence-electron chi connectivity index (χ3n) is 6.86. The summed E-state index contributed by atoms with van der Waals surface area (Å²) in [6.45, 7) is 6.55. The Morgan fingerprint density at radius 1 is 1.03 bits per heavy atom. The van der Waals surface area contributed by atoms with Crippen LogP contribution in [-0.2, 0) is 15.4 Å². The molecule has 0 saturated carbocycles. The van der Waals surface area contributed by atoms with Crippen molar-refractivity contribution in [1.29, 1.82) is 0 Å². The molecule has 3 aromatic rings. The molecule has 37 heavy (non-hydrogen) atoms. The lowest BCUT2D eigenvalue weighted by Crippen LogP contribution is -2.44. The third-order valence-corrected chi connectivity index (χ3v) is 6.86. The standard InChI is InChI=1S/C27H31F2N5O3/c1-27(28,29)24-7-5-19(17-30-24)23(33-9-13-36-14-10-33)18-31-26(35)21-3-2-4-22-20(21)6-8-25(32-22)34-11-15-37-16-12-34/h2-8,17,23H,9-16,18H2,1H3,(H,31,35). The molecule has 0 spiro atoms. The summed E-state index contributed by atoms with van der Waals surface area (Å²) in [5.74, 6) is -2.35. The van der Waals surface area contributed by atoms with E-state index in [1.807, 2.05) is 24.3 Å². The molecule has 0 aliphatic carbocycles. The number of nitrogens with zero attached hydrogens (tertiary/aromatic N) is 4. The molecular weight excluding hydrogens is 480 g/mol. The zero-order valence-corrected chi connectivity index (χ0v) is 20.8. The highest BCUT2D eigenvalue weighted by Gasteiger charge is 2.28. The molecule has 10 heteroatoms. The fourth-order valence-corrected chi connectivity index (χ4v) is 4.80. The number of alkyl halides is 2. The van der Waals surface area contributed by atoms with Gasteiger partial charge in [0.25, 0.3) is 11.8 Å². The lowest BCUT2D eigenvalue weighted by Gasteiger charge is -2.34. The van der Waals surface area contributed by atoms with Crippen molar-refractivity contribution in [2.45, 2.75) is 18.9 Å². The van der Waals surface area contributed by atoms with Crippen LogP contribution in [0.2, 0.25) is 0 Å². The number of amides is 1. The number of hydrogen-bond acceptors (Lipinski definition) is 7. The molecule has 0 bridgehead atoms. The van der Waals surface area contributed by atoms with Crippen molar-refractivity contribution in [1.82, 2.24) is 20.2 Å². The predicted octanol–water partition coefficient (Wildman–Crippen LogP) is 3.38. The second kappa shape index (κ2) is 11.0. The van der Waals surface area contributed by atoms with Gasteiger partial charge in [-0.3, -0.25) is 14.7 Å². The first-order valence-corrected chi connectivity index (χ1v) is 12.6. The van der Waals surface area contributed by atoms with Crippen molar-refractivity contribution >= 4 is 22.6 Å². The van der Waals surface area contributed by atoms with E-state index in [0.717, 1.165) is 42.3 Å². The zero-order chi connectivity index (χ0) is 25.8. The summed E-state index contributed by atoms with van der Waals surface area (Å²) >= 11 is 0. The number of benzene rings is 1. The molecule has 5 rings (SSSR count). The van der Waals surface area contributed by atoms with Gasteiger partial charge >= 0.3 is 0 Å². The second-order valence-corrected chi connectivity index (χ2v) is 9.38. The molecule has 2 aliphatic heterocycles. The minimum atomic E-state index is -3.01. The predicted molar refractivity (Wildman–Crippen MR) is 136 cm³/mol. The van der Waals surface area contributed by atoms with Crippen molar-refractivity contribution in [2.24, 2.45) is 0 Å². The first-order chi connectivity index (χ1) is 17.9. The van der Waals surface area contributed by atoms with Crippen molar-refractivity contribution in [3.8, 4) is 0 Å². The first kappa shape index (κ1) is 25.4. The molecule has 2 aromatic heterocycles. The molecule has 8 nitrogen and oxygen atoms in total. The minimum absolute atomic E-state index is 0.213. The van der Waals surface area contributed by atoms with E-state index >= 15 is 0 Å². The van der Waals surface area contributed by atoms with Gasteiger partial charge in [-0.2, -0.15) is 8.78 Å². The Hall–Kier alpha value is -3.21. The van der Waals surface area contributed by atoms with Crippen LogP contribution in [0.1, 0.15) is 34.6 Å². The Morgan fingerprint density at radius 3 is 2.43 bits per heavy atom. The van der Waals surface area contributed by atoms with Gasteiger partial charge in [-0.05, 0) is 35.9 Å². The molecule has 1 amide bonds. The average Bonchev–Trinajstić information content (AvgIpc) is 2.93. The van der Waals surface area contributed by atoms with Crippen LogP contribution in [0.4, 0.5) is 14.6 Å². The molecule has 1 N–H and O–H groups in total. The lowest BCUT2D eigenvalue weighted by molar-refractivity contribution is 0.0119. The van der Waals surface area contributed by atoms with Crippen molar-refractivity contribution in [3.63, 3.8) is 0 Å². The number of hydrogen-bond donors (Lipinski definition) is 1. The Balaban J connectivity index is 1.34. The lowest BCUT2D eigenvalue weighted by atomic mass is 10.0. The van der Waals surface area contributed by atoms with Gasteiger partial charge in [0.1, 0.15) is 11.5 Å². The number of aromatic nitrogens is 2. The monoisotopic (exact) mass is 511 g/mol. The fourth-order valence-electron chi connectivity index (χ4n) is 4.80. The van der Waals surface area contributed by atoms with Gasteiger partial charge in [0.05, 0.1) is 38.0 Å². The van der Waals surface area contributed by atoms with E-state index in [1.165, 1.54) is 12.3 Å². The SMILES string of the molecule is CC(F)(F)c1ccc(C(CNC(=O)c2cccc3nc(N4CCOCC4)ccc23)N2CCOCC2)cn1. The first-order valence-electron chi connectivity index (χ1n) is 12.6. The van der Waals surface area contributed by atoms with E-state index in [4.69, 9.17) is 14.5 Å². The Kier molecular flexibility index (Phi) is 7.59. The van der Waals surface area contributed by atoms with E-state index in [2.05, 4.69) is 20.1 Å². The molecule has 196 valence electrons. The smallest absolute Gasteiger partial charge is 0.286 e. The molecule has 4 heterocycles. The summed E-state index contributed by atoms with van der Waals surface area (Å²) in [7, 11) is 0. The summed E-state index contributed by atoms with van der Waals surface area (Å²) in [6.07, 6.45) is 1.48. The molecule has 2 aliphatic rings. The number of anilines is 1. The Labute approximate surface area is 214 Å². The molecule has 0 radical (unpaired) electrons. The highest BCUT2D eigenvalue weighted by atomic mass is 19.3. The van der Waals surface area contributed by atoms with Crippen LogP contribution < -0.4 is 10.2 Å². The third kappa shape index (κ3) is 5.87. The molecule has 1 atom stereocenters. The quantitative estimate of drug-likeness (QED) is 0.521.